The van der Waals surface area contributed by atoms with Crippen molar-refractivity contribution in [2.45, 2.75) is 6.42 Å². The number of carboxylic acid groups (broad SMARTS) is 1. The van der Waals surface area contributed by atoms with Crippen molar-refractivity contribution in [3.63, 3.8) is 0 Å². The van der Waals surface area contributed by atoms with Crippen LogP contribution in [0.3, 0.4) is 0 Å². The summed E-state index contributed by atoms with van der Waals surface area (Å²) >= 11 is 5.04. The molecule has 2 rings (SSSR count). The lowest BCUT2D eigenvalue weighted by Crippen LogP contribution is -2.05. The zero-order valence-corrected chi connectivity index (χ0v) is 9.36. The van der Waals surface area contributed by atoms with Gasteiger partial charge in [0.05, 0.1) is 6.42 Å². The van der Waals surface area contributed by atoms with Crippen LogP contribution < -0.4 is 5.73 Å². The van der Waals surface area contributed by atoms with Gasteiger partial charge >= 0.3 is 5.97 Å². The minimum Gasteiger partial charge on any atom is -0.481 e. The first-order valence-electron chi connectivity index (χ1n) is 4.54. The molecular formula is C9H10N4O2S. The topological polar surface area (TPSA) is 85.5 Å². The Morgan fingerprint density at radius 2 is 2.38 bits per heavy atom. The monoisotopic (exact) mass is 238 g/mol. The van der Waals surface area contributed by atoms with E-state index < -0.39 is 5.97 Å². The van der Waals surface area contributed by atoms with Gasteiger partial charge in [-0.15, -0.1) is 0 Å². The third kappa shape index (κ3) is 1.65. The molecule has 2 aromatic rings. The van der Waals surface area contributed by atoms with Crippen LogP contribution in [0.4, 0.5) is 5.82 Å². The van der Waals surface area contributed by atoms with Crippen LogP contribution in [0.15, 0.2) is 12.3 Å². The van der Waals surface area contributed by atoms with Crippen molar-refractivity contribution in [2.75, 3.05) is 5.73 Å². The summed E-state index contributed by atoms with van der Waals surface area (Å²) in [4.78, 5) is 14.6. The number of hydrogen-bond donors (Lipinski definition) is 2. The number of fused-ring (bicyclic) bond motifs is 1. The van der Waals surface area contributed by atoms with E-state index in [-0.39, 0.29) is 6.42 Å². The number of nitrogens with zero attached hydrogens (tertiary/aromatic N) is 3. The maximum absolute atomic E-state index is 10.7. The average Bonchev–Trinajstić information content (AvgIpc) is 2.45. The molecule has 0 atom stereocenters. The molecule has 7 heteroatoms. The number of nitrogens with two attached hydrogens (primary N) is 1. The van der Waals surface area contributed by atoms with E-state index in [1.54, 1.807) is 28.3 Å². The number of anilines is 1. The minimum atomic E-state index is -0.890. The predicted molar refractivity (Wildman–Crippen MR) is 60.7 cm³/mol. The fourth-order valence-electron chi connectivity index (χ4n) is 1.58. The Bertz CT molecular complexity index is 628. The Morgan fingerprint density at radius 1 is 1.69 bits per heavy atom. The predicted octanol–water partition coefficient (Wildman–Crippen LogP) is 0.612. The summed E-state index contributed by atoms with van der Waals surface area (Å²) in [5.41, 5.74) is 6.96. The zero-order chi connectivity index (χ0) is 11.9. The van der Waals surface area contributed by atoms with Gasteiger partial charge in [-0.2, -0.15) is 0 Å². The Morgan fingerprint density at radius 3 is 3.00 bits per heavy atom. The average molecular weight is 238 g/mol. The van der Waals surface area contributed by atoms with Crippen LogP contribution in [0.5, 0.6) is 0 Å². The van der Waals surface area contributed by atoms with Crippen LogP contribution in [-0.2, 0) is 18.3 Å². The van der Waals surface area contributed by atoms with Gasteiger partial charge in [-0.25, -0.2) is 4.98 Å². The highest BCUT2D eigenvalue weighted by Gasteiger charge is 2.10. The lowest BCUT2D eigenvalue weighted by Gasteiger charge is -2.00. The summed E-state index contributed by atoms with van der Waals surface area (Å²) in [6.07, 6.45) is 1.60. The maximum atomic E-state index is 10.7. The van der Waals surface area contributed by atoms with Gasteiger partial charge in [0.2, 0.25) is 4.77 Å². The first kappa shape index (κ1) is 10.6. The molecule has 0 aromatic carbocycles. The second-order valence-corrected chi connectivity index (χ2v) is 3.81. The molecule has 0 aliphatic rings. The molecule has 0 spiro atoms. The Balaban J connectivity index is 2.73. The van der Waals surface area contributed by atoms with Crippen molar-refractivity contribution in [1.29, 1.82) is 0 Å². The molecule has 0 fully saturated rings. The molecule has 0 saturated heterocycles. The highest BCUT2D eigenvalue weighted by molar-refractivity contribution is 7.71. The van der Waals surface area contributed by atoms with Crippen LogP contribution in [0.1, 0.15) is 5.69 Å². The summed E-state index contributed by atoms with van der Waals surface area (Å²) < 4.78 is 3.70. The van der Waals surface area contributed by atoms with Crippen LogP contribution in [0.25, 0.3) is 5.65 Å². The van der Waals surface area contributed by atoms with Crippen molar-refractivity contribution in [3.05, 3.63) is 22.7 Å². The fraction of sp³-hybridized carbons (Fsp3) is 0.222. The van der Waals surface area contributed by atoms with Crippen LogP contribution in [0.2, 0.25) is 0 Å². The quantitative estimate of drug-likeness (QED) is 0.749. The number of aromatic nitrogens is 3. The van der Waals surface area contributed by atoms with E-state index in [2.05, 4.69) is 4.98 Å². The molecule has 2 heterocycles. The van der Waals surface area contributed by atoms with E-state index in [1.165, 1.54) is 0 Å². The smallest absolute Gasteiger partial charge is 0.309 e. The lowest BCUT2D eigenvalue weighted by atomic mass is 10.3. The third-order valence-corrected chi connectivity index (χ3v) is 2.63. The van der Waals surface area contributed by atoms with Gasteiger partial charge in [0.1, 0.15) is 11.5 Å². The number of imidazole rings is 1. The first-order chi connectivity index (χ1) is 7.49. The van der Waals surface area contributed by atoms with Crippen molar-refractivity contribution in [3.8, 4) is 0 Å². The van der Waals surface area contributed by atoms with Crippen molar-refractivity contribution >= 4 is 29.7 Å². The molecule has 2 aromatic heterocycles. The SMILES string of the molecule is Cn1c(CC(=O)O)cn2c(=S)nc(N)cc12. The molecule has 0 unspecified atom stereocenters. The van der Waals surface area contributed by atoms with Gasteiger partial charge in [0.25, 0.3) is 0 Å². The fourth-order valence-corrected chi connectivity index (χ4v) is 1.83. The second-order valence-electron chi connectivity index (χ2n) is 3.44. The lowest BCUT2D eigenvalue weighted by molar-refractivity contribution is -0.136. The van der Waals surface area contributed by atoms with E-state index in [4.69, 9.17) is 23.1 Å². The first-order valence-corrected chi connectivity index (χ1v) is 4.95. The Hall–Kier alpha value is -1.89. The normalized spacial score (nSPS) is 10.8. The molecule has 6 nitrogen and oxygen atoms in total. The molecule has 0 aliphatic carbocycles. The van der Waals surface area contributed by atoms with E-state index in [9.17, 15) is 4.79 Å². The summed E-state index contributed by atoms with van der Waals surface area (Å²) in [5, 5.41) is 8.75. The Kier molecular flexibility index (Phi) is 2.39. The van der Waals surface area contributed by atoms with Gasteiger partial charge in [0.15, 0.2) is 0 Å². The maximum Gasteiger partial charge on any atom is 0.309 e. The molecule has 84 valence electrons. The number of hydrogen-bond acceptors (Lipinski definition) is 4. The van der Waals surface area contributed by atoms with Crippen molar-refractivity contribution in [2.24, 2.45) is 7.05 Å². The van der Waals surface area contributed by atoms with E-state index in [0.29, 0.717) is 16.3 Å². The largest absolute Gasteiger partial charge is 0.481 e. The van der Waals surface area contributed by atoms with E-state index >= 15 is 0 Å². The standard InChI is InChI=1S/C9H10N4O2S/c1-12-5(2-8(14)15)4-13-7(12)3-6(10)11-9(13)16/h3-4H,2H2,1H3,(H,14,15)(H2,10,11,16). The van der Waals surface area contributed by atoms with Crippen LogP contribution in [-0.4, -0.2) is 25.0 Å². The summed E-state index contributed by atoms with van der Waals surface area (Å²) in [7, 11) is 1.77. The number of carbonyl (C=O) groups is 1. The van der Waals surface area contributed by atoms with Crippen molar-refractivity contribution in [1.82, 2.24) is 14.0 Å². The summed E-state index contributed by atoms with van der Waals surface area (Å²) in [6.45, 7) is 0. The summed E-state index contributed by atoms with van der Waals surface area (Å²) in [6, 6.07) is 1.65. The van der Waals surface area contributed by atoms with Gasteiger partial charge < -0.3 is 15.4 Å². The molecule has 3 N–H and O–H groups in total. The van der Waals surface area contributed by atoms with E-state index in [1.807, 2.05) is 0 Å². The molecule has 0 bridgehead atoms. The second kappa shape index (κ2) is 3.60. The number of rotatable bonds is 2. The molecule has 0 radical (unpaired) electrons. The minimum absolute atomic E-state index is 0.0626. The van der Waals surface area contributed by atoms with Gasteiger partial charge in [-0.05, 0) is 12.2 Å². The van der Waals surface area contributed by atoms with Crippen LogP contribution in [0, 0.1) is 4.77 Å². The molecule has 0 aliphatic heterocycles. The highest BCUT2D eigenvalue weighted by atomic mass is 32.1. The number of carboxylic acids is 1. The van der Waals surface area contributed by atoms with Gasteiger partial charge in [0, 0.05) is 25.0 Å². The highest BCUT2D eigenvalue weighted by Crippen LogP contribution is 2.12. The number of aryl methyl sites for hydroxylation is 1. The van der Waals surface area contributed by atoms with Crippen molar-refractivity contribution < 1.29 is 9.90 Å². The molecule has 16 heavy (non-hydrogen) atoms. The number of aliphatic carboxylic acids is 1. The van der Waals surface area contributed by atoms with Gasteiger partial charge in [-0.1, -0.05) is 0 Å². The van der Waals surface area contributed by atoms with Crippen LogP contribution >= 0.6 is 12.2 Å². The summed E-state index contributed by atoms with van der Waals surface area (Å²) in [5.74, 6) is -0.563. The molecule has 0 amide bonds. The Labute approximate surface area is 95.9 Å². The van der Waals surface area contributed by atoms with Gasteiger partial charge in [-0.3, -0.25) is 9.20 Å². The molecular weight excluding hydrogens is 228 g/mol. The zero-order valence-electron chi connectivity index (χ0n) is 8.54. The molecule has 0 saturated carbocycles. The third-order valence-electron chi connectivity index (χ3n) is 2.34. The number of nitrogen functional groups attached to an aromatic ring is 1. The van der Waals surface area contributed by atoms with E-state index in [0.717, 1.165) is 5.65 Å².